The number of ketones is 1. The number of hydrogen-bond donors (Lipinski definition) is 0. The molecule has 0 heterocycles. The molecular weight excluding hydrogens is 227 g/mol. The van der Waals surface area contributed by atoms with Crippen LogP contribution in [0.25, 0.3) is 0 Å². The van der Waals surface area contributed by atoms with Crippen LogP contribution in [-0.4, -0.2) is 30.5 Å². The predicted molar refractivity (Wildman–Crippen MR) is 37.3 cm³/mol. The first-order chi connectivity index (χ1) is 6.61. The van der Waals surface area contributed by atoms with Crippen molar-refractivity contribution in [3.8, 4) is 0 Å². The molecule has 15 heavy (non-hydrogen) atoms. The van der Waals surface area contributed by atoms with Crippen LogP contribution in [0.4, 0.5) is 22.0 Å². The number of Topliss-reactive ketones (excluding diaryl/α,β-unsaturated/α-hetero) is 1. The van der Waals surface area contributed by atoms with E-state index < -0.39 is 36.9 Å². The van der Waals surface area contributed by atoms with Crippen LogP contribution in [0.5, 0.6) is 0 Å². The van der Waals surface area contributed by atoms with Gasteiger partial charge in [-0.1, -0.05) is 0 Å². The van der Waals surface area contributed by atoms with Gasteiger partial charge in [-0.25, -0.2) is 4.79 Å². The second-order valence-electron chi connectivity index (χ2n) is 2.51. The fraction of sp³-hybridized carbons (Fsp3) is 0.714. The Morgan fingerprint density at radius 1 is 1.13 bits per heavy atom. The van der Waals surface area contributed by atoms with Crippen LogP contribution in [0.15, 0.2) is 0 Å². The van der Waals surface area contributed by atoms with Crippen molar-refractivity contribution in [1.29, 1.82) is 0 Å². The van der Waals surface area contributed by atoms with Crippen LogP contribution in [0.3, 0.4) is 0 Å². The highest BCUT2D eigenvalue weighted by atomic mass is 19.4. The number of ether oxygens (including phenoxy) is 1. The van der Waals surface area contributed by atoms with Crippen LogP contribution in [0.2, 0.25) is 0 Å². The summed E-state index contributed by atoms with van der Waals surface area (Å²) in [5, 5.41) is 0. The van der Waals surface area contributed by atoms with E-state index in [4.69, 9.17) is 0 Å². The first-order valence-corrected chi connectivity index (χ1v) is 3.76. The summed E-state index contributed by atoms with van der Waals surface area (Å²) in [5.74, 6) is -9.53. The molecule has 88 valence electrons. The van der Waals surface area contributed by atoms with Gasteiger partial charge in [0.15, 0.2) is 0 Å². The third-order valence-electron chi connectivity index (χ3n) is 1.24. The summed E-state index contributed by atoms with van der Waals surface area (Å²) in [7, 11) is 0. The van der Waals surface area contributed by atoms with Gasteiger partial charge in [-0.2, -0.15) is 22.0 Å². The summed E-state index contributed by atoms with van der Waals surface area (Å²) in [5.41, 5.74) is 0. The van der Waals surface area contributed by atoms with Gasteiger partial charge in [-0.3, -0.25) is 4.79 Å². The molecule has 0 bridgehead atoms. The molecule has 0 aliphatic heterocycles. The second-order valence-corrected chi connectivity index (χ2v) is 2.51. The van der Waals surface area contributed by atoms with E-state index in [0.717, 1.165) is 0 Å². The number of esters is 1. The van der Waals surface area contributed by atoms with Crippen molar-refractivity contribution in [2.75, 3.05) is 6.61 Å². The Morgan fingerprint density at radius 3 is 1.93 bits per heavy atom. The molecule has 0 saturated heterocycles. The summed E-state index contributed by atoms with van der Waals surface area (Å²) in [6.07, 6.45) is -7.44. The third kappa shape index (κ3) is 4.22. The van der Waals surface area contributed by atoms with Crippen molar-refractivity contribution < 1.29 is 36.3 Å². The maximum atomic E-state index is 12.6. The molecule has 0 aliphatic carbocycles. The lowest BCUT2D eigenvalue weighted by Crippen LogP contribution is -2.41. The molecule has 0 spiro atoms. The van der Waals surface area contributed by atoms with Crippen molar-refractivity contribution in [3.63, 3.8) is 0 Å². The smallest absolute Gasteiger partial charge is 0.400 e. The Kier molecular flexibility index (Phi) is 4.17. The molecule has 3 nitrogen and oxygen atoms in total. The van der Waals surface area contributed by atoms with Crippen molar-refractivity contribution in [1.82, 2.24) is 0 Å². The van der Waals surface area contributed by atoms with Gasteiger partial charge >= 0.3 is 18.1 Å². The van der Waals surface area contributed by atoms with Crippen LogP contribution in [-0.2, 0) is 14.3 Å². The molecule has 0 radical (unpaired) electrons. The average Bonchev–Trinajstić information content (AvgIpc) is 2.01. The fourth-order valence-corrected chi connectivity index (χ4v) is 0.629. The molecular formula is C7H7F5O3. The van der Waals surface area contributed by atoms with Gasteiger partial charge < -0.3 is 4.74 Å². The zero-order valence-electron chi connectivity index (χ0n) is 7.53. The van der Waals surface area contributed by atoms with Gasteiger partial charge in [-0.15, -0.1) is 0 Å². The standard InChI is InChI=1S/C7H7F5O3/c1-2-15-5(14)7(11,12)4(13)3-6(8,9)10/h2-3H2,1H3. The fourth-order valence-electron chi connectivity index (χ4n) is 0.629. The van der Waals surface area contributed by atoms with Crippen LogP contribution in [0, 0.1) is 0 Å². The quantitative estimate of drug-likeness (QED) is 0.422. The second kappa shape index (κ2) is 4.54. The minimum Gasteiger partial charge on any atom is -0.461 e. The van der Waals surface area contributed by atoms with Crippen molar-refractivity contribution in [2.45, 2.75) is 25.4 Å². The molecule has 0 atom stereocenters. The predicted octanol–water partition coefficient (Wildman–Crippen LogP) is 1.71. The number of halogens is 5. The number of carbonyl (C=O) groups excluding carboxylic acids is 2. The maximum absolute atomic E-state index is 12.6. The lowest BCUT2D eigenvalue weighted by atomic mass is 10.1. The molecule has 0 rings (SSSR count). The Hall–Kier alpha value is -1.21. The minimum absolute atomic E-state index is 0.451. The van der Waals surface area contributed by atoms with Crippen LogP contribution < -0.4 is 0 Å². The molecule has 8 heteroatoms. The molecule has 0 amide bonds. The van der Waals surface area contributed by atoms with Gasteiger partial charge in [0.2, 0.25) is 5.78 Å². The molecule has 0 N–H and O–H groups in total. The van der Waals surface area contributed by atoms with E-state index >= 15 is 0 Å². The molecule has 0 fully saturated rings. The molecule has 0 aliphatic rings. The lowest BCUT2D eigenvalue weighted by Gasteiger charge is -2.14. The molecule has 0 saturated carbocycles. The molecule has 0 aromatic rings. The van der Waals surface area contributed by atoms with Gasteiger partial charge in [-0.05, 0) is 6.92 Å². The number of rotatable bonds is 4. The van der Waals surface area contributed by atoms with Gasteiger partial charge in [0, 0.05) is 0 Å². The van der Waals surface area contributed by atoms with Crippen LogP contribution in [0.1, 0.15) is 13.3 Å². The summed E-state index contributed by atoms with van der Waals surface area (Å²) in [6, 6.07) is 0. The number of alkyl halides is 5. The Bertz CT molecular complexity index is 258. The summed E-state index contributed by atoms with van der Waals surface area (Å²) in [6.45, 7) is 0.732. The summed E-state index contributed by atoms with van der Waals surface area (Å²) < 4.78 is 63.7. The van der Waals surface area contributed by atoms with Crippen LogP contribution >= 0.6 is 0 Å². The summed E-state index contributed by atoms with van der Waals surface area (Å²) in [4.78, 5) is 20.9. The molecule has 0 aromatic carbocycles. The van der Waals surface area contributed by atoms with E-state index in [1.165, 1.54) is 6.92 Å². The first kappa shape index (κ1) is 13.8. The van der Waals surface area contributed by atoms with E-state index in [2.05, 4.69) is 4.74 Å². The normalized spacial score (nSPS) is 12.4. The topological polar surface area (TPSA) is 43.4 Å². The summed E-state index contributed by atoms with van der Waals surface area (Å²) >= 11 is 0. The Labute approximate surface area is 81.2 Å². The van der Waals surface area contributed by atoms with E-state index in [1.807, 2.05) is 0 Å². The van der Waals surface area contributed by atoms with E-state index in [9.17, 15) is 31.5 Å². The average molecular weight is 234 g/mol. The van der Waals surface area contributed by atoms with Crippen molar-refractivity contribution in [3.05, 3.63) is 0 Å². The van der Waals surface area contributed by atoms with E-state index in [1.54, 1.807) is 0 Å². The zero-order valence-corrected chi connectivity index (χ0v) is 7.53. The van der Waals surface area contributed by atoms with Crippen molar-refractivity contribution >= 4 is 11.8 Å². The highest BCUT2D eigenvalue weighted by molar-refractivity contribution is 6.05. The molecule has 0 unspecified atom stereocenters. The zero-order chi connectivity index (χ0) is 12.3. The van der Waals surface area contributed by atoms with E-state index in [-0.39, 0.29) is 0 Å². The van der Waals surface area contributed by atoms with E-state index in [0.29, 0.717) is 0 Å². The van der Waals surface area contributed by atoms with Crippen molar-refractivity contribution in [2.24, 2.45) is 0 Å². The monoisotopic (exact) mass is 234 g/mol. The first-order valence-electron chi connectivity index (χ1n) is 3.76. The Morgan fingerprint density at radius 2 is 1.60 bits per heavy atom. The maximum Gasteiger partial charge on any atom is 0.400 e. The van der Waals surface area contributed by atoms with Gasteiger partial charge in [0.05, 0.1) is 6.61 Å². The molecule has 0 aromatic heterocycles. The minimum atomic E-state index is -5.08. The third-order valence-corrected chi connectivity index (χ3v) is 1.24. The Balaban J connectivity index is 4.59. The SMILES string of the molecule is CCOC(=O)C(F)(F)C(=O)CC(F)(F)F. The largest absolute Gasteiger partial charge is 0.461 e. The highest BCUT2D eigenvalue weighted by Gasteiger charge is 2.52. The number of hydrogen-bond acceptors (Lipinski definition) is 3. The highest BCUT2D eigenvalue weighted by Crippen LogP contribution is 2.27. The number of carbonyl (C=O) groups is 2. The van der Waals surface area contributed by atoms with Gasteiger partial charge in [0.1, 0.15) is 6.42 Å². The lowest BCUT2D eigenvalue weighted by molar-refractivity contribution is -0.185. The van der Waals surface area contributed by atoms with Gasteiger partial charge in [0.25, 0.3) is 0 Å².